The molecule has 0 heterocycles. The Balaban J connectivity index is 2.04. The second kappa shape index (κ2) is 8.85. The molecule has 150 valence electrons. The molecule has 0 aliphatic heterocycles. The van der Waals surface area contributed by atoms with Crippen molar-refractivity contribution >= 4 is 33.3 Å². The van der Waals surface area contributed by atoms with Crippen molar-refractivity contribution in [3.05, 3.63) is 53.6 Å². The first-order valence-electron chi connectivity index (χ1n) is 8.55. The van der Waals surface area contributed by atoms with E-state index >= 15 is 0 Å². The highest BCUT2D eigenvalue weighted by Crippen LogP contribution is 2.25. The van der Waals surface area contributed by atoms with E-state index in [9.17, 15) is 18.0 Å². The van der Waals surface area contributed by atoms with E-state index in [1.54, 1.807) is 37.3 Å². The van der Waals surface area contributed by atoms with E-state index in [0.29, 0.717) is 11.4 Å². The molecule has 2 rings (SSSR count). The van der Waals surface area contributed by atoms with Crippen molar-refractivity contribution in [2.45, 2.75) is 18.7 Å². The van der Waals surface area contributed by atoms with Crippen LogP contribution in [-0.4, -0.2) is 45.3 Å². The zero-order chi connectivity index (χ0) is 20.9. The average Bonchev–Trinajstić information content (AvgIpc) is 2.63. The number of nitrogens with zero attached hydrogens (tertiary/aromatic N) is 1. The van der Waals surface area contributed by atoms with Crippen LogP contribution in [0.1, 0.15) is 11.1 Å². The van der Waals surface area contributed by atoms with E-state index in [0.717, 1.165) is 15.4 Å². The van der Waals surface area contributed by atoms with Gasteiger partial charge in [-0.15, -0.1) is 0 Å². The maximum Gasteiger partial charge on any atom is 0.325 e. The zero-order valence-corrected chi connectivity index (χ0v) is 17.1. The Morgan fingerprint density at radius 2 is 1.68 bits per heavy atom. The van der Waals surface area contributed by atoms with Crippen LogP contribution in [-0.2, 0) is 14.8 Å². The first kappa shape index (κ1) is 21.4. The fourth-order valence-corrected chi connectivity index (χ4v) is 3.41. The van der Waals surface area contributed by atoms with Gasteiger partial charge in [0.15, 0.2) is 0 Å². The number of carbonyl (C=O) groups is 2. The van der Waals surface area contributed by atoms with E-state index in [4.69, 9.17) is 0 Å². The maximum absolute atomic E-state index is 12.4. The number of amides is 3. The summed E-state index contributed by atoms with van der Waals surface area (Å²) in [7, 11) is -0.693. The molecule has 0 unspecified atom stereocenters. The van der Waals surface area contributed by atoms with Gasteiger partial charge in [-0.3, -0.25) is 10.1 Å². The van der Waals surface area contributed by atoms with Crippen molar-refractivity contribution in [1.29, 1.82) is 0 Å². The van der Waals surface area contributed by atoms with Crippen LogP contribution in [0.4, 0.5) is 16.2 Å². The number of benzene rings is 2. The standard InChI is InChI=1S/C19H24N4O4S/c1-13-10-16(28(26,27)23(3)4)11-17(14(13)2)20-12-18(24)22-19(25)21-15-8-6-5-7-9-15/h5-11,20H,12H2,1-4H3,(H2,21,22,24,25). The van der Waals surface area contributed by atoms with Gasteiger partial charge in [-0.2, -0.15) is 0 Å². The predicted octanol–water partition coefficient (Wildman–Crippen LogP) is 2.31. The number of urea groups is 1. The lowest BCUT2D eigenvalue weighted by atomic mass is 10.1. The molecule has 2 aromatic rings. The normalized spacial score (nSPS) is 11.2. The van der Waals surface area contributed by atoms with Crippen LogP contribution in [0.25, 0.3) is 0 Å². The Hall–Kier alpha value is -2.91. The lowest BCUT2D eigenvalue weighted by molar-refractivity contribution is -0.118. The van der Waals surface area contributed by atoms with E-state index < -0.39 is 22.0 Å². The summed E-state index contributed by atoms with van der Waals surface area (Å²) in [4.78, 5) is 24.0. The lowest BCUT2D eigenvalue weighted by Gasteiger charge is -2.17. The maximum atomic E-state index is 12.4. The minimum absolute atomic E-state index is 0.130. The molecular weight excluding hydrogens is 380 g/mol. The topological polar surface area (TPSA) is 108 Å². The summed E-state index contributed by atoms with van der Waals surface area (Å²) in [5.41, 5.74) is 2.67. The third kappa shape index (κ3) is 5.30. The van der Waals surface area contributed by atoms with Crippen molar-refractivity contribution in [2.75, 3.05) is 31.3 Å². The summed E-state index contributed by atoms with van der Waals surface area (Å²) in [6.07, 6.45) is 0. The minimum Gasteiger partial charge on any atom is -0.376 e. The fraction of sp³-hybridized carbons (Fsp3) is 0.263. The summed E-state index contributed by atoms with van der Waals surface area (Å²) in [5.74, 6) is -0.550. The van der Waals surface area contributed by atoms with Crippen molar-refractivity contribution in [2.24, 2.45) is 0 Å². The molecule has 0 bridgehead atoms. The Morgan fingerprint density at radius 3 is 2.29 bits per heavy atom. The second-order valence-corrected chi connectivity index (χ2v) is 8.57. The van der Waals surface area contributed by atoms with E-state index in [2.05, 4.69) is 16.0 Å². The highest BCUT2D eigenvalue weighted by Gasteiger charge is 2.19. The van der Waals surface area contributed by atoms with Crippen LogP contribution in [0.15, 0.2) is 47.4 Å². The molecule has 0 spiro atoms. The number of para-hydroxylation sites is 1. The molecule has 28 heavy (non-hydrogen) atoms. The van der Waals surface area contributed by atoms with E-state index in [-0.39, 0.29) is 11.4 Å². The Bertz CT molecular complexity index is 973. The van der Waals surface area contributed by atoms with Crippen LogP contribution in [0.5, 0.6) is 0 Å². The van der Waals surface area contributed by atoms with Crippen LogP contribution in [0.3, 0.4) is 0 Å². The van der Waals surface area contributed by atoms with Gasteiger partial charge < -0.3 is 10.6 Å². The van der Waals surface area contributed by atoms with Gasteiger partial charge in [0.05, 0.1) is 11.4 Å². The number of nitrogens with one attached hydrogen (secondary N) is 3. The number of hydrogen-bond donors (Lipinski definition) is 3. The molecule has 0 saturated heterocycles. The van der Waals surface area contributed by atoms with Crippen molar-refractivity contribution in [1.82, 2.24) is 9.62 Å². The van der Waals surface area contributed by atoms with E-state index in [1.165, 1.54) is 20.2 Å². The highest BCUT2D eigenvalue weighted by molar-refractivity contribution is 7.89. The highest BCUT2D eigenvalue weighted by atomic mass is 32.2. The molecule has 0 aliphatic carbocycles. The van der Waals surface area contributed by atoms with Crippen LogP contribution < -0.4 is 16.0 Å². The van der Waals surface area contributed by atoms with Crippen LogP contribution in [0.2, 0.25) is 0 Å². The molecule has 0 aliphatic rings. The number of aryl methyl sites for hydroxylation is 1. The van der Waals surface area contributed by atoms with Gasteiger partial charge in [-0.05, 0) is 49.2 Å². The largest absolute Gasteiger partial charge is 0.376 e. The van der Waals surface area contributed by atoms with E-state index in [1.807, 2.05) is 13.0 Å². The molecule has 3 amide bonds. The Labute approximate surface area is 165 Å². The number of carbonyl (C=O) groups excluding carboxylic acids is 2. The monoisotopic (exact) mass is 404 g/mol. The molecular formula is C19H24N4O4S. The molecule has 0 aromatic heterocycles. The van der Waals surface area contributed by atoms with Gasteiger partial charge in [0, 0.05) is 25.5 Å². The minimum atomic E-state index is -3.60. The van der Waals surface area contributed by atoms with Gasteiger partial charge in [0.1, 0.15) is 0 Å². The third-order valence-electron chi connectivity index (χ3n) is 4.14. The first-order valence-corrected chi connectivity index (χ1v) is 9.99. The number of hydrogen-bond acceptors (Lipinski definition) is 5. The number of sulfonamides is 1. The smallest absolute Gasteiger partial charge is 0.325 e. The second-order valence-electron chi connectivity index (χ2n) is 6.42. The number of imide groups is 1. The zero-order valence-electron chi connectivity index (χ0n) is 16.2. The molecule has 0 atom stereocenters. The van der Waals surface area contributed by atoms with Crippen LogP contribution in [0, 0.1) is 13.8 Å². The summed E-state index contributed by atoms with van der Waals surface area (Å²) in [6.45, 7) is 3.43. The van der Waals surface area contributed by atoms with Crippen molar-refractivity contribution in [3.8, 4) is 0 Å². The van der Waals surface area contributed by atoms with Gasteiger partial charge in [0.2, 0.25) is 15.9 Å². The first-order chi connectivity index (χ1) is 13.1. The van der Waals surface area contributed by atoms with Gasteiger partial charge >= 0.3 is 6.03 Å². The molecule has 9 heteroatoms. The summed E-state index contributed by atoms with van der Waals surface area (Å²) in [5, 5.41) is 7.67. The lowest BCUT2D eigenvalue weighted by Crippen LogP contribution is -2.38. The summed E-state index contributed by atoms with van der Waals surface area (Å²) >= 11 is 0. The average molecular weight is 404 g/mol. The SMILES string of the molecule is Cc1cc(S(=O)(=O)N(C)C)cc(NCC(=O)NC(=O)Nc2ccccc2)c1C. The summed E-state index contributed by atoms with van der Waals surface area (Å²) < 4.78 is 25.9. The quantitative estimate of drug-likeness (QED) is 0.685. The predicted molar refractivity (Wildman–Crippen MR) is 109 cm³/mol. The summed E-state index contributed by atoms with van der Waals surface area (Å²) in [6, 6.07) is 11.2. The van der Waals surface area contributed by atoms with Crippen molar-refractivity contribution < 1.29 is 18.0 Å². The Morgan fingerprint density at radius 1 is 1.04 bits per heavy atom. The van der Waals surface area contributed by atoms with Gasteiger partial charge in [-0.1, -0.05) is 18.2 Å². The third-order valence-corrected chi connectivity index (χ3v) is 5.94. The molecule has 3 N–H and O–H groups in total. The number of anilines is 2. The molecule has 0 saturated carbocycles. The molecule has 2 aromatic carbocycles. The van der Waals surface area contributed by atoms with Crippen molar-refractivity contribution in [3.63, 3.8) is 0 Å². The van der Waals surface area contributed by atoms with Crippen LogP contribution >= 0.6 is 0 Å². The number of rotatable bonds is 6. The molecule has 0 fully saturated rings. The van der Waals surface area contributed by atoms with Gasteiger partial charge in [-0.25, -0.2) is 17.5 Å². The fourth-order valence-electron chi connectivity index (χ4n) is 2.40. The molecule has 0 radical (unpaired) electrons. The molecule has 8 nitrogen and oxygen atoms in total. The van der Waals surface area contributed by atoms with Gasteiger partial charge in [0.25, 0.3) is 0 Å². The Kier molecular flexibility index (Phi) is 6.76.